The summed E-state index contributed by atoms with van der Waals surface area (Å²) in [6, 6.07) is 5.31. The van der Waals surface area contributed by atoms with E-state index in [4.69, 9.17) is 0 Å². The molecule has 0 radical (unpaired) electrons. The van der Waals surface area contributed by atoms with E-state index in [2.05, 4.69) is 10.6 Å². The molecule has 0 aliphatic carbocycles. The number of hydrogen-bond acceptors (Lipinski definition) is 3. The van der Waals surface area contributed by atoms with Gasteiger partial charge in [-0.3, -0.25) is 9.69 Å². The second kappa shape index (κ2) is 9.40. The van der Waals surface area contributed by atoms with Gasteiger partial charge in [0.25, 0.3) is 5.91 Å². The van der Waals surface area contributed by atoms with Crippen molar-refractivity contribution in [3.05, 3.63) is 35.4 Å². The number of carbonyl (C=O) groups is 1. The smallest absolute Gasteiger partial charge is 0.350 e. The van der Waals surface area contributed by atoms with Crippen LogP contribution in [0.5, 0.6) is 0 Å². The Morgan fingerprint density at radius 2 is 1.76 bits per heavy atom. The van der Waals surface area contributed by atoms with Crippen molar-refractivity contribution in [1.29, 1.82) is 0 Å². The standard InChI is InChI=1S/C17H24F3N3O.ClH/c1-12(2)13-3-5-14(6-4-13)16(24)22-11-15(17(18,19)20)23-9-7-21-8-10-23;/h3-6,12,15,21H,7-11H2,1-2H3,(H,22,24);1H. The number of piperazine rings is 1. The molecule has 4 nitrogen and oxygen atoms in total. The van der Waals surface area contributed by atoms with Crippen LogP contribution in [0.4, 0.5) is 13.2 Å². The van der Waals surface area contributed by atoms with E-state index in [1.807, 2.05) is 26.0 Å². The van der Waals surface area contributed by atoms with Crippen LogP contribution in [0.2, 0.25) is 0 Å². The lowest BCUT2D eigenvalue weighted by Gasteiger charge is -2.35. The summed E-state index contributed by atoms with van der Waals surface area (Å²) in [5, 5.41) is 5.46. The second-order valence-corrected chi connectivity index (χ2v) is 6.33. The van der Waals surface area contributed by atoms with Crippen molar-refractivity contribution >= 4 is 18.3 Å². The highest BCUT2D eigenvalue weighted by atomic mass is 35.5. The van der Waals surface area contributed by atoms with Crippen LogP contribution in [0.25, 0.3) is 0 Å². The Hall–Kier alpha value is -1.31. The number of rotatable bonds is 5. The topological polar surface area (TPSA) is 44.4 Å². The van der Waals surface area contributed by atoms with E-state index in [1.165, 1.54) is 4.90 Å². The molecular weight excluding hydrogens is 355 g/mol. The molecule has 0 spiro atoms. The normalized spacial score (nSPS) is 17.0. The molecule has 1 saturated heterocycles. The zero-order valence-electron chi connectivity index (χ0n) is 14.4. The average molecular weight is 380 g/mol. The van der Waals surface area contributed by atoms with Gasteiger partial charge in [0.15, 0.2) is 0 Å². The lowest BCUT2D eigenvalue weighted by molar-refractivity contribution is -0.183. The van der Waals surface area contributed by atoms with Crippen molar-refractivity contribution in [3.63, 3.8) is 0 Å². The summed E-state index contributed by atoms with van der Waals surface area (Å²) in [5.74, 6) is -0.140. The van der Waals surface area contributed by atoms with Crippen LogP contribution >= 0.6 is 12.4 Å². The van der Waals surface area contributed by atoms with Gasteiger partial charge in [-0.25, -0.2) is 0 Å². The fraction of sp³-hybridized carbons (Fsp3) is 0.588. The van der Waals surface area contributed by atoms with Crippen molar-refractivity contribution in [2.24, 2.45) is 0 Å². The third-order valence-electron chi connectivity index (χ3n) is 4.27. The van der Waals surface area contributed by atoms with E-state index >= 15 is 0 Å². The first-order valence-electron chi connectivity index (χ1n) is 8.18. The molecule has 142 valence electrons. The molecule has 1 fully saturated rings. The molecule has 1 aromatic carbocycles. The van der Waals surface area contributed by atoms with Crippen LogP contribution in [0.1, 0.15) is 35.7 Å². The second-order valence-electron chi connectivity index (χ2n) is 6.33. The minimum absolute atomic E-state index is 0. The molecular formula is C17H25ClF3N3O. The van der Waals surface area contributed by atoms with Gasteiger partial charge in [-0.05, 0) is 23.6 Å². The third-order valence-corrected chi connectivity index (χ3v) is 4.27. The molecule has 1 unspecified atom stereocenters. The molecule has 2 N–H and O–H groups in total. The number of nitrogens with one attached hydrogen (secondary N) is 2. The molecule has 1 amide bonds. The van der Waals surface area contributed by atoms with Crippen LogP contribution in [-0.2, 0) is 0 Å². The van der Waals surface area contributed by atoms with Gasteiger partial charge in [0, 0.05) is 38.3 Å². The van der Waals surface area contributed by atoms with Crippen molar-refractivity contribution in [2.45, 2.75) is 32.0 Å². The lowest BCUT2D eigenvalue weighted by Crippen LogP contribution is -2.57. The number of halogens is 4. The van der Waals surface area contributed by atoms with E-state index in [-0.39, 0.29) is 12.4 Å². The van der Waals surface area contributed by atoms with Crippen LogP contribution < -0.4 is 10.6 Å². The summed E-state index contributed by atoms with van der Waals surface area (Å²) >= 11 is 0. The van der Waals surface area contributed by atoms with Gasteiger partial charge in [0.2, 0.25) is 0 Å². The Morgan fingerprint density at radius 1 is 1.20 bits per heavy atom. The summed E-state index contributed by atoms with van der Waals surface area (Å²) in [4.78, 5) is 13.5. The highest BCUT2D eigenvalue weighted by Gasteiger charge is 2.43. The molecule has 0 aromatic heterocycles. The molecule has 1 aliphatic heterocycles. The van der Waals surface area contributed by atoms with Gasteiger partial charge in [0.05, 0.1) is 0 Å². The van der Waals surface area contributed by atoms with E-state index in [0.29, 0.717) is 37.7 Å². The number of alkyl halides is 3. The van der Waals surface area contributed by atoms with E-state index < -0.39 is 24.7 Å². The number of hydrogen-bond donors (Lipinski definition) is 2. The summed E-state index contributed by atoms with van der Waals surface area (Å²) in [6.45, 7) is 5.34. The predicted octanol–water partition coefficient (Wildman–Crippen LogP) is 2.80. The number of amides is 1. The highest BCUT2D eigenvalue weighted by Crippen LogP contribution is 2.25. The van der Waals surface area contributed by atoms with Crippen LogP contribution in [0.15, 0.2) is 24.3 Å². The predicted molar refractivity (Wildman–Crippen MR) is 94.4 cm³/mol. The largest absolute Gasteiger partial charge is 0.405 e. The Bertz CT molecular complexity index is 543. The maximum atomic E-state index is 13.3. The quantitative estimate of drug-likeness (QED) is 0.827. The van der Waals surface area contributed by atoms with Gasteiger partial charge in [-0.2, -0.15) is 13.2 Å². The molecule has 1 atom stereocenters. The summed E-state index contributed by atoms with van der Waals surface area (Å²) in [5.41, 5.74) is 1.46. The molecule has 8 heteroatoms. The average Bonchev–Trinajstić information content (AvgIpc) is 2.54. The Balaban J connectivity index is 0.00000312. The minimum Gasteiger partial charge on any atom is -0.350 e. The molecule has 0 bridgehead atoms. The van der Waals surface area contributed by atoms with Crippen LogP contribution in [0.3, 0.4) is 0 Å². The zero-order chi connectivity index (χ0) is 17.7. The van der Waals surface area contributed by atoms with Crippen molar-refractivity contribution in [3.8, 4) is 0 Å². The Kier molecular flexibility index (Phi) is 8.18. The van der Waals surface area contributed by atoms with E-state index in [9.17, 15) is 18.0 Å². The Morgan fingerprint density at radius 3 is 2.24 bits per heavy atom. The zero-order valence-corrected chi connectivity index (χ0v) is 15.2. The minimum atomic E-state index is -4.37. The molecule has 1 heterocycles. The summed E-state index contributed by atoms with van der Waals surface area (Å²) < 4.78 is 39.9. The molecule has 2 rings (SSSR count). The van der Waals surface area contributed by atoms with Crippen molar-refractivity contribution < 1.29 is 18.0 Å². The van der Waals surface area contributed by atoms with Gasteiger partial charge in [0.1, 0.15) is 6.04 Å². The molecule has 1 aromatic rings. The fourth-order valence-electron chi connectivity index (χ4n) is 2.76. The van der Waals surface area contributed by atoms with Gasteiger partial charge >= 0.3 is 6.18 Å². The van der Waals surface area contributed by atoms with Crippen molar-refractivity contribution in [2.75, 3.05) is 32.7 Å². The van der Waals surface area contributed by atoms with E-state index in [1.54, 1.807) is 12.1 Å². The van der Waals surface area contributed by atoms with E-state index in [0.717, 1.165) is 5.56 Å². The number of benzene rings is 1. The fourth-order valence-corrected chi connectivity index (χ4v) is 2.76. The molecule has 1 aliphatic rings. The Labute approximate surface area is 152 Å². The lowest BCUT2D eigenvalue weighted by atomic mass is 10.0. The van der Waals surface area contributed by atoms with Gasteiger partial charge in [-0.15, -0.1) is 12.4 Å². The first-order chi connectivity index (χ1) is 11.3. The first-order valence-corrected chi connectivity index (χ1v) is 8.18. The van der Waals surface area contributed by atoms with Crippen LogP contribution in [0, 0.1) is 0 Å². The van der Waals surface area contributed by atoms with Gasteiger partial charge < -0.3 is 10.6 Å². The summed E-state index contributed by atoms with van der Waals surface area (Å²) in [7, 11) is 0. The maximum Gasteiger partial charge on any atom is 0.405 e. The SMILES string of the molecule is CC(C)c1ccc(C(=O)NCC(N2CCNCC2)C(F)(F)F)cc1.Cl. The monoisotopic (exact) mass is 379 g/mol. The molecule has 25 heavy (non-hydrogen) atoms. The highest BCUT2D eigenvalue weighted by molar-refractivity contribution is 5.94. The van der Waals surface area contributed by atoms with Gasteiger partial charge in [-0.1, -0.05) is 26.0 Å². The number of nitrogens with zero attached hydrogens (tertiary/aromatic N) is 1. The third kappa shape index (κ3) is 6.17. The van der Waals surface area contributed by atoms with Crippen LogP contribution in [-0.4, -0.2) is 55.7 Å². The number of carbonyl (C=O) groups excluding carboxylic acids is 1. The maximum absolute atomic E-state index is 13.3. The summed E-state index contributed by atoms with van der Waals surface area (Å²) in [6.07, 6.45) is -4.37. The first kappa shape index (κ1) is 21.7. The van der Waals surface area contributed by atoms with Crippen molar-refractivity contribution in [1.82, 2.24) is 15.5 Å². The molecule has 0 saturated carbocycles.